The first-order valence-corrected chi connectivity index (χ1v) is 6.96. The van der Waals surface area contributed by atoms with Crippen LogP contribution in [0.5, 0.6) is 0 Å². The summed E-state index contributed by atoms with van der Waals surface area (Å²) in [4.78, 5) is 0.994. The fraction of sp³-hybridized carbons (Fsp3) is 0.556. The molecule has 4 nitrogen and oxygen atoms in total. The molecule has 0 fully saturated rings. The standard InChI is InChI=1S/C9H16N2O2S2.ClH/c1-6-4-8(3)14-9(6)15(12,13)11-7(2)5-10;/h4,7,11H,5,10H2,1-3H3;1H/t7-;/m0./s1. The third kappa shape index (κ3) is 3.71. The van der Waals surface area contributed by atoms with Gasteiger partial charge in [-0.25, -0.2) is 13.1 Å². The molecule has 0 bridgehead atoms. The minimum atomic E-state index is -3.39. The van der Waals surface area contributed by atoms with Crippen LogP contribution in [-0.2, 0) is 10.0 Å². The van der Waals surface area contributed by atoms with Crippen LogP contribution in [0.15, 0.2) is 10.3 Å². The van der Waals surface area contributed by atoms with Crippen molar-refractivity contribution in [2.75, 3.05) is 6.54 Å². The Bertz CT molecular complexity index is 442. The number of hydrogen-bond acceptors (Lipinski definition) is 4. The van der Waals surface area contributed by atoms with Gasteiger partial charge in [0.2, 0.25) is 0 Å². The second-order valence-corrected chi connectivity index (χ2v) is 6.75. The fourth-order valence-corrected chi connectivity index (χ4v) is 4.19. The Hall–Kier alpha value is -0.140. The first kappa shape index (κ1) is 15.9. The van der Waals surface area contributed by atoms with Crippen LogP contribution in [0.2, 0.25) is 0 Å². The molecule has 0 aliphatic rings. The van der Waals surface area contributed by atoms with Gasteiger partial charge in [0.25, 0.3) is 10.0 Å². The van der Waals surface area contributed by atoms with Crippen molar-refractivity contribution in [3.05, 3.63) is 16.5 Å². The molecular weight excluding hydrogens is 268 g/mol. The van der Waals surface area contributed by atoms with Crippen LogP contribution in [0.25, 0.3) is 0 Å². The van der Waals surface area contributed by atoms with Gasteiger partial charge in [0, 0.05) is 17.5 Å². The number of aryl methyl sites for hydroxylation is 2. The van der Waals surface area contributed by atoms with Crippen molar-refractivity contribution >= 4 is 33.8 Å². The van der Waals surface area contributed by atoms with Crippen molar-refractivity contribution < 1.29 is 8.42 Å². The van der Waals surface area contributed by atoms with Gasteiger partial charge < -0.3 is 5.73 Å². The molecule has 0 spiro atoms. The highest BCUT2D eigenvalue weighted by Gasteiger charge is 2.20. The van der Waals surface area contributed by atoms with Crippen molar-refractivity contribution in [3.63, 3.8) is 0 Å². The SMILES string of the molecule is Cc1cc(C)c(S(=O)(=O)N[C@@H](C)CN)s1.Cl. The van der Waals surface area contributed by atoms with E-state index in [1.165, 1.54) is 11.3 Å². The number of rotatable bonds is 4. The molecule has 7 heteroatoms. The molecule has 16 heavy (non-hydrogen) atoms. The summed E-state index contributed by atoms with van der Waals surface area (Å²) in [5.74, 6) is 0. The largest absolute Gasteiger partial charge is 0.329 e. The molecule has 1 rings (SSSR count). The molecule has 1 aromatic rings. The van der Waals surface area contributed by atoms with Gasteiger partial charge >= 0.3 is 0 Å². The summed E-state index contributed by atoms with van der Waals surface area (Å²) in [5.41, 5.74) is 6.16. The van der Waals surface area contributed by atoms with Crippen LogP contribution < -0.4 is 10.5 Å². The van der Waals surface area contributed by atoms with E-state index >= 15 is 0 Å². The van der Waals surface area contributed by atoms with Gasteiger partial charge in [0.15, 0.2) is 0 Å². The molecule has 0 amide bonds. The first-order valence-electron chi connectivity index (χ1n) is 4.66. The summed E-state index contributed by atoms with van der Waals surface area (Å²) < 4.78 is 26.7. The normalized spacial score (nSPS) is 13.2. The lowest BCUT2D eigenvalue weighted by Gasteiger charge is -2.11. The minimum Gasteiger partial charge on any atom is -0.329 e. The smallest absolute Gasteiger partial charge is 0.250 e. The molecule has 94 valence electrons. The first-order chi connectivity index (χ1) is 6.86. The van der Waals surface area contributed by atoms with Crippen LogP contribution in [0.4, 0.5) is 0 Å². The maximum absolute atomic E-state index is 11.9. The van der Waals surface area contributed by atoms with Crippen LogP contribution in [0.1, 0.15) is 17.4 Å². The predicted octanol–water partition coefficient (Wildman–Crippen LogP) is 1.41. The van der Waals surface area contributed by atoms with Crippen molar-refractivity contribution in [1.29, 1.82) is 0 Å². The van der Waals surface area contributed by atoms with E-state index < -0.39 is 10.0 Å². The average Bonchev–Trinajstić information content (AvgIpc) is 2.45. The van der Waals surface area contributed by atoms with Crippen LogP contribution >= 0.6 is 23.7 Å². The Balaban J connectivity index is 0.00000225. The van der Waals surface area contributed by atoms with Crippen LogP contribution in [0.3, 0.4) is 0 Å². The summed E-state index contributed by atoms with van der Waals surface area (Å²) in [5, 5.41) is 0. The maximum Gasteiger partial charge on any atom is 0.250 e. The van der Waals surface area contributed by atoms with E-state index in [1.54, 1.807) is 13.8 Å². The van der Waals surface area contributed by atoms with Crippen molar-refractivity contribution in [2.24, 2.45) is 5.73 Å². The van der Waals surface area contributed by atoms with E-state index in [1.807, 2.05) is 13.0 Å². The van der Waals surface area contributed by atoms with E-state index in [-0.39, 0.29) is 18.4 Å². The van der Waals surface area contributed by atoms with Gasteiger partial charge in [-0.15, -0.1) is 23.7 Å². The van der Waals surface area contributed by atoms with E-state index in [2.05, 4.69) is 4.72 Å². The van der Waals surface area contributed by atoms with Crippen LogP contribution in [0, 0.1) is 13.8 Å². The van der Waals surface area contributed by atoms with E-state index in [4.69, 9.17) is 5.73 Å². The average molecular weight is 285 g/mol. The van der Waals surface area contributed by atoms with Gasteiger partial charge in [0.1, 0.15) is 4.21 Å². The van der Waals surface area contributed by atoms with Gasteiger partial charge in [0.05, 0.1) is 0 Å². The monoisotopic (exact) mass is 284 g/mol. The molecule has 1 heterocycles. The third-order valence-corrected chi connectivity index (χ3v) is 5.33. The van der Waals surface area contributed by atoms with Gasteiger partial charge in [-0.3, -0.25) is 0 Å². The molecule has 0 radical (unpaired) electrons. The lowest BCUT2D eigenvalue weighted by Crippen LogP contribution is -2.37. The second-order valence-electron chi connectivity index (χ2n) is 3.59. The Morgan fingerprint density at radius 3 is 2.44 bits per heavy atom. The number of halogens is 1. The second kappa shape index (κ2) is 5.97. The number of thiophene rings is 1. The maximum atomic E-state index is 11.9. The molecule has 0 unspecified atom stereocenters. The molecule has 0 aliphatic carbocycles. The minimum absolute atomic E-state index is 0. The third-order valence-electron chi connectivity index (χ3n) is 1.95. The zero-order chi connectivity index (χ0) is 11.6. The highest BCUT2D eigenvalue weighted by Crippen LogP contribution is 2.25. The highest BCUT2D eigenvalue weighted by atomic mass is 35.5. The summed E-state index contributed by atoms with van der Waals surface area (Å²) in [6, 6.07) is 1.63. The molecule has 0 saturated heterocycles. The summed E-state index contributed by atoms with van der Waals surface area (Å²) in [7, 11) is -3.39. The number of hydrogen-bond donors (Lipinski definition) is 2. The van der Waals surface area contributed by atoms with E-state index in [0.717, 1.165) is 10.4 Å². The Labute approximate surface area is 107 Å². The number of nitrogens with one attached hydrogen (secondary N) is 1. The summed E-state index contributed by atoms with van der Waals surface area (Å²) in [6.07, 6.45) is 0. The number of nitrogens with two attached hydrogens (primary N) is 1. The van der Waals surface area contributed by atoms with Gasteiger partial charge in [-0.1, -0.05) is 0 Å². The molecular formula is C9H17ClN2O2S2. The Morgan fingerprint density at radius 1 is 1.50 bits per heavy atom. The molecule has 1 aromatic heterocycles. The van der Waals surface area contributed by atoms with Crippen molar-refractivity contribution in [1.82, 2.24) is 4.72 Å². The lowest BCUT2D eigenvalue weighted by molar-refractivity contribution is 0.564. The summed E-state index contributed by atoms with van der Waals surface area (Å²) >= 11 is 1.28. The van der Waals surface area contributed by atoms with Crippen molar-refractivity contribution in [3.8, 4) is 0 Å². The fourth-order valence-electron chi connectivity index (χ4n) is 1.25. The lowest BCUT2D eigenvalue weighted by atomic mass is 10.4. The van der Waals surface area contributed by atoms with E-state index in [0.29, 0.717) is 10.8 Å². The predicted molar refractivity (Wildman–Crippen MR) is 69.9 cm³/mol. The quantitative estimate of drug-likeness (QED) is 0.878. The molecule has 0 aromatic carbocycles. The molecule has 3 N–H and O–H groups in total. The van der Waals surface area contributed by atoms with Gasteiger partial charge in [-0.2, -0.15) is 0 Å². The Kier molecular flexibility index (Phi) is 5.92. The Morgan fingerprint density at radius 2 is 2.06 bits per heavy atom. The zero-order valence-corrected chi connectivity index (χ0v) is 11.9. The van der Waals surface area contributed by atoms with E-state index in [9.17, 15) is 8.42 Å². The van der Waals surface area contributed by atoms with Gasteiger partial charge in [-0.05, 0) is 32.4 Å². The molecule has 0 aliphatic heterocycles. The molecule has 0 saturated carbocycles. The number of sulfonamides is 1. The van der Waals surface area contributed by atoms with Crippen LogP contribution in [-0.4, -0.2) is 21.0 Å². The highest BCUT2D eigenvalue weighted by molar-refractivity contribution is 7.91. The topological polar surface area (TPSA) is 72.2 Å². The zero-order valence-electron chi connectivity index (χ0n) is 9.48. The summed E-state index contributed by atoms with van der Waals surface area (Å²) in [6.45, 7) is 5.73. The van der Waals surface area contributed by atoms with Crippen molar-refractivity contribution in [2.45, 2.75) is 31.0 Å². The molecule has 1 atom stereocenters.